The quantitative estimate of drug-likeness (QED) is 0.907. The van der Waals surface area contributed by atoms with E-state index in [1.807, 2.05) is 30.3 Å². The molecule has 0 aromatic heterocycles. The summed E-state index contributed by atoms with van der Waals surface area (Å²) in [6.45, 7) is 3.36. The Labute approximate surface area is 124 Å². The highest BCUT2D eigenvalue weighted by Gasteiger charge is 2.14. The van der Waals surface area contributed by atoms with Crippen molar-refractivity contribution in [2.45, 2.75) is 26.0 Å². The number of nitrogens with two attached hydrogens (primary N) is 1. The van der Waals surface area contributed by atoms with Gasteiger partial charge in [-0.15, -0.1) is 0 Å². The van der Waals surface area contributed by atoms with Crippen LogP contribution in [0, 0.1) is 0 Å². The molecule has 1 aliphatic heterocycles. The highest BCUT2D eigenvalue weighted by Crippen LogP contribution is 2.15. The standard InChI is InChI=1S/C18H20N2O/c1-13-16(9-10-19)17-11-15(7-8-18(17)20-13)21-12-14-5-3-2-4-6-14/h2-8,11,13H,9-10,12,19H2,1H3/t13-/m1/s1. The molecule has 0 fully saturated rings. The fourth-order valence-corrected chi connectivity index (χ4v) is 2.73. The lowest BCUT2D eigenvalue weighted by atomic mass is 10.0. The molecule has 3 rings (SSSR count). The molecule has 3 nitrogen and oxygen atoms in total. The smallest absolute Gasteiger partial charge is 0.120 e. The first-order valence-corrected chi connectivity index (χ1v) is 7.35. The molecule has 3 heteroatoms. The maximum atomic E-state index is 5.89. The second-order valence-corrected chi connectivity index (χ2v) is 5.32. The molecule has 1 atom stereocenters. The lowest BCUT2D eigenvalue weighted by molar-refractivity contribution is 0.306. The Morgan fingerprint density at radius 3 is 2.71 bits per heavy atom. The van der Waals surface area contributed by atoms with E-state index in [0.29, 0.717) is 13.2 Å². The number of hydrogen-bond acceptors (Lipinski definition) is 3. The van der Waals surface area contributed by atoms with Crippen molar-refractivity contribution in [3.05, 3.63) is 64.7 Å². The van der Waals surface area contributed by atoms with Crippen LogP contribution in [0.1, 0.15) is 18.9 Å². The van der Waals surface area contributed by atoms with Crippen molar-refractivity contribution in [1.29, 1.82) is 0 Å². The van der Waals surface area contributed by atoms with Gasteiger partial charge in [0.1, 0.15) is 12.4 Å². The maximum Gasteiger partial charge on any atom is 0.120 e. The minimum absolute atomic E-state index is 0.230. The number of hydrogen-bond donors (Lipinski definition) is 1. The van der Waals surface area contributed by atoms with E-state index in [-0.39, 0.29) is 6.04 Å². The van der Waals surface area contributed by atoms with Gasteiger partial charge in [-0.1, -0.05) is 30.3 Å². The Morgan fingerprint density at radius 2 is 1.95 bits per heavy atom. The van der Waals surface area contributed by atoms with Gasteiger partial charge in [0, 0.05) is 5.22 Å². The van der Waals surface area contributed by atoms with Crippen LogP contribution in [-0.2, 0) is 6.61 Å². The average Bonchev–Trinajstić information content (AvgIpc) is 2.82. The SMILES string of the molecule is C[C@H]1N=c2ccc(OCc3ccccc3)cc2=C1CCN. The van der Waals surface area contributed by atoms with E-state index >= 15 is 0 Å². The van der Waals surface area contributed by atoms with Crippen molar-refractivity contribution in [1.82, 2.24) is 0 Å². The van der Waals surface area contributed by atoms with Gasteiger partial charge < -0.3 is 10.5 Å². The number of rotatable bonds is 5. The Morgan fingerprint density at radius 1 is 1.14 bits per heavy atom. The van der Waals surface area contributed by atoms with Crippen molar-refractivity contribution in [3.8, 4) is 5.75 Å². The topological polar surface area (TPSA) is 47.6 Å². The third-order valence-corrected chi connectivity index (χ3v) is 3.81. The van der Waals surface area contributed by atoms with E-state index in [4.69, 9.17) is 10.5 Å². The average molecular weight is 280 g/mol. The molecule has 21 heavy (non-hydrogen) atoms. The second kappa shape index (κ2) is 6.10. The fourth-order valence-electron chi connectivity index (χ4n) is 2.73. The summed E-state index contributed by atoms with van der Waals surface area (Å²) in [5, 5.41) is 2.25. The van der Waals surface area contributed by atoms with Crippen molar-refractivity contribution in [3.63, 3.8) is 0 Å². The van der Waals surface area contributed by atoms with Gasteiger partial charge in [-0.05, 0) is 49.2 Å². The molecule has 2 aromatic carbocycles. The lowest BCUT2D eigenvalue weighted by Gasteiger charge is -2.07. The molecule has 0 aliphatic carbocycles. The summed E-state index contributed by atoms with van der Waals surface area (Å²) in [7, 11) is 0. The summed E-state index contributed by atoms with van der Waals surface area (Å²) in [4.78, 5) is 4.66. The van der Waals surface area contributed by atoms with E-state index in [2.05, 4.69) is 30.1 Å². The summed E-state index contributed by atoms with van der Waals surface area (Å²) >= 11 is 0. The predicted molar refractivity (Wildman–Crippen MR) is 84.5 cm³/mol. The van der Waals surface area contributed by atoms with Crippen LogP contribution >= 0.6 is 0 Å². The van der Waals surface area contributed by atoms with Crippen LogP contribution in [-0.4, -0.2) is 12.6 Å². The Hall–Kier alpha value is -2.13. The van der Waals surface area contributed by atoms with Crippen LogP contribution in [0.5, 0.6) is 5.75 Å². The third kappa shape index (κ3) is 2.98. The zero-order valence-electron chi connectivity index (χ0n) is 12.3. The highest BCUT2D eigenvalue weighted by atomic mass is 16.5. The molecule has 2 N–H and O–H groups in total. The predicted octanol–water partition coefficient (Wildman–Crippen LogP) is 1.79. The molecule has 0 radical (unpaired) electrons. The van der Waals surface area contributed by atoms with Gasteiger partial charge in [0.2, 0.25) is 0 Å². The van der Waals surface area contributed by atoms with Crippen LogP contribution in [0.3, 0.4) is 0 Å². The maximum absolute atomic E-state index is 5.89. The minimum atomic E-state index is 0.230. The molecule has 1 aliphatic rings. The monoisotopic (exact) mass is 280 g/mol. The first kappa shape index (κ1) is 13.8. The van der Waals surface area contributed by atoms with Gasteiger partial charge in [0.05, 0.1) is 11.4 Å². The van der Waals surface area contributed by atoms with Gasteiger partial charge in [0.15, 0.2) is 0 Å². The van der Waals surface area contributed by atoms with E-state index in [0.717, 1.165) is 17.5 Å². The molecule has 0 bridgehead atoms. The molecule has 0 saturated heterocycles. The van der Waals surface area contributed by atoms with E-state index in [1.54, 1.807) is 0 Å². The normalized spacial score (nSPS) is 16.5. The number of ether oxygens (including phenoxy) is 1. The zero-order chi connectivity index (χ0) is 14.7. The summed E-state index contributed by atoms with van der Waals surface area (Å²) in [6, 6.07) is 16.5. The molecule has 0 amide bonds. The molecule has 1 heterocycles. The Kier molecular flexibility index (Phi) is 4.02. The lowest BCUT2D eigenvalue weighted by Crippen LogP contribution is -2.23. The van der Waals surface area contributed by atoms with Gasteiger partial charge in [0.25, 0.3) is 0 Å². The van der Waals surface area contributed by atoms with Crippen LogP contribution in [0.4, 0.5) is 0 Å². The zero-order valence-corrected chi connectivity index (χ0v) is 12.3. The van der Waals surface area contributed by atoms with Gasteiger partial charge in [-0.2, -0.15) is 0 Å². The van der Waals surface area contributed by atoms with Crippen molar-refractivity contribution >= 4 is 5.57 Å². The number of nitrogens with zero attached hydrogens (tertiary/aromatic N) is 1. The van der Waals surface area contributed by atoms with E-state index < -0.39 is 0 Å². The molecule has 2 aromatic rings. The molecular weight excluding hydrogens is 260 g/mol. The number of fused-ring (bicyclic) bond motifs is 1. The Bertz CT molecular complexity index is 738. The van der Waals surface area contributed by atoms with Gasteiger partial charge >= 0.3 is 0 Å². The summed E-state index contributed by atoms with van der Waals surface area (Å²) in [5.74, 6) is 0.886. The summed E-state index contributed by atoms with van der Waals surface area (Å²) < 4.78 is 5.89. The van der Waals surface area contributed by atoms with E-state index in [9.17, 15) is 0 Å². The van der Waals surface area contributed by atoms with Crippen molar-refractivity contribution in [2.75, 3.05) is 6.54 Å². The first-order chi connectivity index (χ1) is 10.3. The van der Waals surface area contributed by atoms with Crippen molar-refractivity contribution in [2.24, 2.45) is 10.7 Å². The molecule has 0 spiro atoms. The van der Waals surface area contributed by atoms with Crippen LogP contribution in [0.15, 0.2) is 53.5 Å². The second-order valence-electron chi connectivity index (χ2n) is 5.32. The van der Waals surface area contributed by atoms with Gasteiger partial charge in [-0.25, -0.2) is 0 Å². The van der Waals surface area contributed by atoms with Crippen molar-refractivity contribution < 1.29 is 4.74 Å². The Balaban J connectivity index is 1.85. The molecule has 0 saturated carbocycles. The van der Waals surface area contributed by atoms with Crippen LogP contribution < -0.4 is 21.0 Å². The first-order valence-electron chi connectivity index (χ1n) is 7.35. The van der Waals surface area contributed by atoms with Gasteiger partial charge in [-0.3, -0.25) is 4.99 Å². The fraction of sp³-hybridized carbons (Fsp3) is 0.278. The summed E-state index contributed by atoms with van der Waals surface area (Å²) in [6.07, 6.45) is 0.889. The summed E-state index contributed by atoms with van der Waals surface area (Å²) in [5.41, 5.74) is 8.19. The molecular formula is C18H20N2O. The highest BCUT2D eigenvalue weighted by molar-refractivity contribution is 5.54. The number of benzene rings is 2. The van der Waals surface area contributed by atoms with Crippen LogP contribution in [0.25, 0.3) is 5.57 Å². The van der Waals surface area contributed by atoms with E-state index in [1.165, 1.54) is 16.4 Å². The molecule has 108 valence electrons. The molecule has 0 unspecified atom stereocenters. The largest absolute Gasteiger partial charge is 0.489 e. The third-order valence-electron chi connectivity index (χ3n) is 3.81. The minimum Gasteiger partial charge on any atom is -0.489 e. The van der Waals surface area contributed by atoms with Crippen LogP contribution in [0.2, 0.25) is 0 Å².